The molecule has 0 amide bonds. The normalized spacial score (nSPS) is 10.7. The Morgan fingerprint density at radius 3 is 1.50 bits per heavy atom. The van der Waals surface area contributed by atoms with Gasteiger partial charge in [0.25, 0.3) is 0 Å². The van der Waals surface area contributed by atoms with Gasteiger partial charge in [0.15, 0.2) is 0 Å². The van der Waals surface area contributed by atoms with Gasteiger partial charge in [0, 0.05) is 33.9 Å². The Labute approximate surface area is 164 Å². The van der Waals surface area contributed by atoms with E-state index in [0.717, 1.165) is 33.4 Å². The summed E-state index contributed by atoms with van der Waals surface area (Å²) in [5.41, 5.74) is 33.3. The lowest BCUT2D eigenvalue weighted by Crippen LogP contribution is -1.98. The van der Waals surface area contributed by atoms with Crippen LogP contribution in [0.3, 0.4) is 0 Å². The molecule has 0 saturated heterocycles. The topological polar surface area (TPSA) is 104 Å². The first kappa shape index (κ1) is 17.5. The van der Waals surface area contributed by atoms with E-state index < -0.39 is 0 Å². The van der Waals surface area contributed by atoms with E-state index in [1.165, 1.54) is 0 Å². The average molecular weight is 366 g/mol. The number of nitrogen functional groups attached to an aromatic ring is 4. The Balaban J connectivity index is 2.08. The van der Waals surface area contributed by atoms with E-state index in [2.05, 4.69) is 0 Å². The van der Waals surface area contributed by atoms with Gasteiger partial charge in [-0.1, -0.05) is 48.5 Å². The summed E-state index contributed by atoms with van der Waals surface area (Å²) in [7, 11) is 0. The van der Waals surface area contributed by atoms with Crippen molar-refractivity contribution in [3.63, 3.8) is 0 Å². The van der Waals surface area contributed by atoms with Crippen LogP contribution in [0.2, 0.25) is 0 Å². The van der Waals surface area contributed by atoms with Gasteiger partial charge in [-0.3, -0.25) is 0 Å². The molecule has 0 fully saturated rings. The number of hydrogen-bond donors (Lipinski definition) is 4. The molecular weight excluding hydrogens is 344 g/mol. The lowest BCUT2D eigenvalue weighted by molar-refractivity contribution is 1.55. The molecule has 4 heteroatoms. The van der Waals surface area contributed by atoms with Crippen molar-refractivity contribution in [2.75, 3.05) is 22.9 Å². The molecule has 0 aliphatic rings. The van der Waals surface area contributed by atoms with Crippen LogP contribution < -0.4 is 22.9 Å². The second-order valence-electron chi connectivity index (χ2n) is 6.78. The van der Waals surface area contributed by atoms with Gasteiger partial charge in [-0.15, -0.1) is 0 Å². The molecule has 4 aromatic rings. The molecule has 0 radical (unpaired) electrons. The van der Waals surface area contributed by atoms with Crippen molar-refractivity contribution in [2.45, 2.75) is 0 Å². The first-order valence-corrected chi connectivity index (χ1v) is 9.04. The Hall–Kier alpha value is -3.92. The molecule has 0 aliphatic carbocycles. The highest BCUT2D eigenvalue weighted by molar-refractivity contribution is 6.01. The summed E-state index contributed by atoms with van der Waals surface area (Å²) >= 11 is 0. The fourth-order valence-electron chi connectivity index (χ4n) is 3.50. The number of hydrogen-bond acceptors (Lipinski definition) is 4. The fourth-order valence-corrected chi connectivity index (χ4v) is 3.50. The predicted molar refractivity (Wildman–Crippen MR) is 120 cm³/mol. The molecule has 138 valence electrons. The monoisotopic (exact) mass is 366 g/mol. The number of para-hydroxylation sites is 1. The van der Waals surface area contributed by atoms with E-state index >= 15 is 0 Å². The Kier molecular flexibility index (Phi) is 4.38. The third kappa shape index (κ3) is 3.12. The fraction of sp³-hybridized carbons (Fsp3) is 0. The zero-order valence-electron chi connectivity index (χ0n) is 15.4. The molecule has 0 aromatic heterocycles. The van der Waals surface area contributed by atoms with Crippen molar-refractivity contribution in [3.05, 3.63) is 84.9 Å². The maximum absolute atomic E-state index is 6.46. The number of anilines is 4. The van der Waals surface area contributed by atoms with Crippen molar-refractivity contribution in [2.24, 2.45) is 0 Å². The zero-order valence-corrected chi connectivity index (χ0v) is 15.4. The van der Waals surface area contributed by atoms with E-state index in [4.69, 9.17) is 22.9 Å². The highest BCUT2D eigenvalue weighted by Gasteiger charge is 2.18. The molecule has 0 aliphatic heterocycles. The summed E-state index contributed by atoms with van der Waals surface area (Å²) in [6.07, 6.45) is 0. The van der Waals surface area contributed by atoms with E-state index in [0.29, 0.717) is 22.7 Å². The van der Waals surface area contributed by atoms with Crippen LogP contribution in [0, 0.1) is 0 Å². The molecule has 0 spiro atoms. The molecule has 0 saturated carbocycles. The van der Waals surface area contributed by atoms with Crippen LogP contribution in [0.4, 0.5) is 22.7 Å². The molecular formula is C24H22N4. The standard InChI is InChI=1S/C24H22N4/c25-17-9-5-15(6-10-17)23-20(19-3-1-2-4-21(19)27)13-14-22(28)24(23)16-7-11-18(26)12-8-16/h1-14H,25-28H2. The van der Waals surface area contributed by atoms with Gasteiger partial charge in [0.2, 0.25) is 0 Å². The molecule has 0 unspecified atom stereocenters. The molecule has 0 bridgehead atoms. The molecule has 8 N–H and O–H groups in total. The Morgan fingerprint density at radius 1 is 0.393 bits per heavy atom. The summed E-state index contributed by atoms with van der Waals surface area (Å²) in [6.45, 7) is 0. The highest BCUT2D eigenvalue weighted by atomic mass is 14.6. The summed E-state index contributed by atoms with van der Waals surface area (Å²) in [4.78, 5) is 0. The van der Waals surface area contributed by atoms with Crippen molar-refractivity contribution in [1.82, 2.24) is 0 Å². The number of benzene rings is 4. The maximum Gasteiger partial charge on any atom is 0.0400 e. The minimum atomic E-state index is 0.690. The van der Waals surface area contributed by atoms with Crippen LogP contribution in [-0.2, 0) is 0 Å². The van der Waals surface area contributed by atoms with E-state index in [1.807, 2.05) is 84.9 Å². The second-order valence-corrected chi connectivity index (χ2v) is 6.78. The maximum atomic E-state index is 6.46. The third-order valence-electron chi connectivity index (χ3n) is 4.89. The quantitative estimate of drug-likeness (QED) is 0.382. The molecule has 4 nitrogen and oxygen atoms in total. The van der Waals surface area contributed by atoms with Crippen molar-refractivity contribution >= 4 is 22.7 Å². The summed E-state index contributed by atoms with van der Waals surface area (Å²) in [5, 5.41) is 0. The molecule has 0 heterocycles. The van der Waals surface area contributed by atoms with Gasteiger partial charge in [0.05, 0.1) is 0 Å². The van der Waals surface area contributed by atoms with Gasteiger partial charge in [-0.2, -0.15) is 0 Å². The minimum absolute atomic E-state index is 0.690. The van der Waals surface area contributed by atoms with E-state index in [-0.39, 0.29) is 0 Å². The largest absolute Gasteiger partial charge is 0.399 e. The van der Waals surface area contributed by atoms with E-state index in [1.54, 1.807) is 0 Å². The van der Waals surface area contributed by atoms with Crippen LogP contribution >= 0.6 is 0 Å². The van der Waals surface area contributed by atoms with Crippen molar-refractivity contribution in [1.29, 1.82) is 0 Å². The lowest BCUT2D eigenvalue weighted by Gasteiger charge is -2.19. The minimum Gasteiger partial charge on any atom is -0.399 e. The van der Waals surface area contributed by atoms with Crippen LogP contribution in [-0.4, -0.2) is 0 Å². The van der Waals surface area contributed by atoms with Crippen LogP contribution in [0.1, 0.15) is 0 Å². The van der Waals surface area contributed by atoms with E-state index in [9.17, 15) is 0 Å². The summed E-state index contributed by atoms with van der Waals surface area (Å²) in [6, 6.07) is 27.3. The SMILES string of the molecule is Nc1ccc(-c2c(N)ccc(-c3ccccc3N)c2-c2ccc(N)cc2)cc1. The Bertz CT molecular complexity index is 1130. The molecule has 4 aromatic carbocycles. The predicted octanol–water partition coefficient (Wildman–Crippen LogP) is 5.02. The van der Waals surface area contributed by atoms with Crippen LogP contribution in [0.25, 0.3) is 33.4 Å². The molecule has 4 rings (SSSR count). The lowest BCUT2D eigenvalue weighted by atomic mass is 9.86. The van der Waals surface area contributed by atoms with Gasteiger partial charge in [-0.05, 0) is 58.7 Å². The van der Waals surface area contributed by atoms with Crippen molar-refractivity contribution < 1.29 is 0 Å². The smallest absolute Gasteiger partial charge is 0.0400 e. The zero-order chi connectivity index (χ0) is 19.7. The summed E-state index contributed by atoms with van der Waals surface area (Å²) in [5.74, 6) is 0. The molecule has 0 atom stereocenters. The first-order chi connectivity index (χ1) is 13.5. The van der Waals surface area contributed by atoms with Gasteiger partial charge < -0.3 is 22.9 Å². The second kappa shape index (κ2) is 7.00. The average Bonchev–Trinajstić information content (AvgIpc) is 2.70. The van der Waals surface area contributed by atoms with Gasteiger partial charge in [0.1, 0.15) is 0 Å². The Morgan fingerprint density at radius 2 is 0.929 bits per heavy atom. The number of rotatable bonds is 3. The van der Waals surface area contributed by atoms with Crippen molar-refractivity contribution in [3.8, 4) is 33.4 Å². The summed E-state index contributed by atoms with van der Waals surface area (Å²) < 4.78 is 0. The van der Waals surface area contributed by atoms with Gasteiger partial charge in [-0.25, -0.2) is 0 Å². The third-order valence-corrected chi connectivity index (χ3v) is 4.89. The van der Waals surface area contributed by atoms with Gasteiger partial charge >= 0.3 is 0 Å². The number of nitrogens with two attached hydrogens (primary N) is 4. The van der Waals surface area contributed by atoms with Crippen LogP contribution in [0.15, 0.2) is 84.9 Å². The molecule has 28 heavy (non-hydrogen) atoms. The van der Waals surface area contributed by atoms with Crippen LogP contribution in [0.5, 0.6) is 0 Å². The first-order valence-electron chi connectivity index (χ1n) is 9.04. The highest BCUT2D eigenvalue weighted by Crippen LogP contribution is 2.44.